The molecule has 1 aliphatic heterocycles. The van der Waals surface area contributed by atoms with E-state index in [-0.39, 0.29) is 0 Å². The molecular weight excluding hydrogens is 527 g/mol. The Bertz CT molecular complexity index is 1590. The predicted octanol–water partition coefficient (Wildman–Crippen LogP) is 7.29. The van der Waals surface area contributed by atoms with Crippen LogP contribution in [-0.4, -0.2) is 37.6 Å². The molecule has 1 aromatic heterocycles. The second-order valence-electron chi connectivity index (χ2n) is 9.78. The SMILES string of the molecule is C=C1CSC(=NC(=O)Nc2ccc(-c3ncn(-c4ccc(OC(C)(C)F)cc4)n3)cc2)N1c1cccc(C)c1C. The first-order valence-electron chi connectivity index (χ1n) is 12.6. The van der Waals surface area contributed by atoms with Gasteiger partial charge in [-0.05, 0) is 79.6 Å². The molecule has 0 radical (unpaired) electrons. The molecule has 0 saturated carbocycles. The standard InChI is InChI=1S/C30H29FN6O2S/c1-19-7-6-8-26(21(19)3)37-20(2)17-40-29(37)34-28(38)33-23-11-9-22(10-12-23)27-32-18-36(35-27)24-13-15-25(16-14-24)39-30(4,5)31/h6-16,18H,2,17H2,1,3-5H3,(H,33,38). The summed E-state index contributed by atoms with van der Waals surface area (Å²) in [5, 5.41) is 7.96. The molecule has 1 aliphatic rings. The van der Waals surface area contributed by atoms with E-state index in [0.29, 0.717) is 28.2 Å². The average molecular weight is 557 g/mol. The molecule has 2 amide bonds. The number of aliphatic imine (C=N–C) groups is 1. The van der Waals surface area contributed by atoms with Gasteiger partial charge in [0.15, 0.2) is 11.0 Å². The van der Waals surface area contributed by atoms with Gasteiger partial charge in [0.2, 0.25) is 5.85 Å². The van der Waals surface area contributed by atoms with Crippen molar-refractivity contribution in [1.29, 1.82) is 0 Å². The molecule has 1 N–H and O–H groups in total. The van der Waals surface area contributed by atoms with Gasteiger partial charge in [0.05, 0.1) is 11.4 Å². The summed E-state index contributed by atoms with van der Waals surface area (Å²) in [6, 6.07) is 19.7. The van der Waals surface area contributed by atoms with Crippen LogP contribution < -0.4 is 15.0 Å². The van der Waals surface area contributed by atoms with Crippen LogP contribution in [0.15, 0.2) is 90.3 Å². The normalized spacial score (nSPS) is 14.6. The van der Waals surface area contributed by atoms with Crippen molar-refractivity contribution in [3.8, 4) is 22.8 Å². The first-order valence-corrected chi connectivity index (χ1v) is 13.6. The summed E-state index contributed by atoms with van der Waals surface area (Å²) in [6.07, 6.45) is 1.60. The summed E-state index contributed by atoms with van der Waals surface area (Å²) in [6.45, 7) is 11.0. The molecule has 8 nitrogen and oxygen atoms in total. The van der Waals surface area contributed by atoms with Gasteiger partial charge in [-0.15, -0.1) is 5.10 Å². The van der Waals surface area contributed by atoms with Gasteiger partial charge in [0.25, 0.3) is 0 Å². The fourth-order valence-corrected chi connectivity index (χ4v) is 5.08. The van der Waals surface area contributed by atoms with E-state index < -0.39 is 11.9 Å². The molecule has 0 spiro atoms. The van der Waals surface area contributed by atoms with Gasteiger partial charge in [-0.3, -0.25) is 4.90 Å². The van der Waals surface area contributed by atoms with Crippen LogP contribution >= 0.6 is 11.8 Å². The number of carbonyl (C=O) groups is 1. The number of anilines is 2. The lowest BCUT2D eigenvalue weighted by molar-refractivity contribution is -0.0257. The first-order chi connectivity index (χ1) is 19.1. The van der Waals surface area contributed by atoms with Crippen LogP contribution in [0.4, 0.5) is 20.6 Å². The second kappa shape index (κ2) is 11.0. The maximum Gasteiger partial charge on any atom is 0.347 e. The number of nitrogens with zero attached hydrogens (tertiary/aromatic N) is 5. The largest absolute Gasteiger partial charge is 0.459 e. The third-order valence-corrected chi connectivity index (χ3v) is 7.25. The number of hydrogen-bond donors (Lipinski definition) is 1. The minimum atomic E-state index is -1.76. The van der Waals surface area contributed by atoms with Crippen molar-refractivity contribution in [2.45, 2.75) is 33.5 Å². The molecule has 1 fully saturated rings. The average Bonchev–Trinajstić information content (AvgIpc) is 3.53. The lowest BCUT2D eigenvalue weighted by Gasteiger charge is -2.22. The van der Waals surface area contributed by atoms with Gasteiger partial charge < -0.3 is 10.1 Å². The molecule has 1 saturated heterocycles. The Kier molecular flexibility index (Phi) is 7.44. The number of halogens is 1. The molecule has 10 heteroatoms. The van der Waals surface area contributed by atoms with Gasteiger partial charge in [-0.2, -0.15) is 9.38 Å². The number of amidine groups is 1. The van der Waals surface area contributed by atoms with Gasteiger partial charge in [-0.1, -0.05) is 30.5 Å². The molecule has 2 heterocycles. The topological polar surface area (TPSA) is 84.6 Å². The third-order valence-electron chi connectivity index (χ3n) is 6.24. The molecule has 0 bridgehead atoms. The highest BCUT2D eigenvalue weighted by Gasteiger charge is 2.27. The van der Waals surface area contributed by atoms with Crippen LogP contribution in [-0.2, 0) is 0 Å². The number of amides is 2. The molecule has 3 aromatic carbocycles. The summed E-state index contributed by atoms with van der Waals surface area (Å²) in [5.41, 5.74) is 6.29. The van der Waals surface area contributed by atoms with E-state index in [0.717, 1.165) is 33.8 Å². The predicted molar refractivity (Wildman–Crippen MR) is 159 cm³/mol. The van der Waals surface area contributed by atoms with Crippen molar-refractivity contribution in [2.75, 3.05) is 16.0 Å². The van der Waals surface area contributed by atoms with Gasteiger partial charge in [0, 0.05) is 36.5 Å². The van der Waals surface area contributed by atoms with E-state index in [4.69, 9.17) is 4.74 Å². The first kappa shape index (κ1) is 27.1. The Hall–Kier alpha value is -4.44. The number of benzene rings is 3. The van der Waals surface area contributed by atoms with Crippen LogP contribution in [0.2, 0.25) is 0 Å². The van der Waals surface area contributed by atoms with E-state index in [1.165, 1.54) is 25.6 Å². The molecule has 4 aromatic rings. The van der Waals surface area contributed by atoms with Crippen molar-refractivity contribution in [3.05, 3.63) is 96.5 Å². The van der Waals surface area contributed by atoms with Crippen molar-refractivity contribution in [1.82, 2.24) is 14.8 Å². The number of carbonyl (C=O) groups excluding carboxylic acids is 1. The fraction of sp³-hybridized carbons (Fsp3) is 0.200. The van der Waals surface area contributed by atoms with Crippen molar-refractivity contribution in [3.63, 3.8) is 0 Å². The van der Waals surface area contributed by atoms with Crippen LogP contribution in [0.3, 0.4) is 0 Å². The number of alkyl halides is 1. The molecular formula is C30H29FN6O2S. The Morgan fingerprint density at radius 3 is 2.52 bits per heavy atom. The highest BCUT2D eigenvalue weighted by Crippen LogP contribution is 2.35. The highest BCUT2D eigenvalue weighted by molar-refractivity contribution is 8.14. The molecule has 0 aliphatic carbocycles. The summed E-state index contributed by atoms with van der Waals surface area (Å²) < 4.78 is 20.6. The van der Waals surface area contributed by atoms with Crippen LogP contribution in [0.25, 0.3) is 17.1 Å². The lowest BCUT2D eigenvalue weighted by Crippen LogP contribution is -2.24. The highest BCUT2D eigenvalue weighted by atomic mass is 32.2. The van der Waals surface area contributed by atoms with Gasteiger partial charge in [-0.25, -0.2) is 14.5 Å². The monoisotopic (exact) mass is 556 g/mol. The van der Waals surface area contributed by atoms with E-state index in [9.17, 15) is 9.18 Å². The Balaban J connectivity index is 1.26. The molecule has 40 heavy (non-hydrogen) atoms. The van der Waals surface area contributed by atoms with Crippen molar-refractivity contribution in [2.24, 2.45) is 4.99 Å². The minimum absolute atomic E-state index is 0.425. The van der Waals surface area contributed by atoms with Crippen LogP contribution in [0, 0.1) is 13.8 Å². The summed E-state index contributed by atoms with van der Waals surface area (Å²) >= 11 is 1.48. The third kappa shape index (κ3) is 6.07. The number of nitrogens with one attached hydrogen (secondary N) is 1. The Labute approximate surface area is 236 Å². The zero-order valence-electron chi connectivity index (χ0n) is 22.7. The molecule has 0 unspecified atom stereocenters. The number of urea groups is 1. The second-order valence-corrected chi connectivity index (χ2v) is 10.7. The summed E-state index contributed by atoms with van der Waals surface area (Å²) in [7, 11) is 0. The lowest BCUT2D eigenvalue weighted by atomic mass is 10.1. The van der Waals surface area contributed by atoms with Crippen molar-refractivity contribution < 1.29 is 13.9 Å². The number of aromatic nitrogens is 3. The number of rotatable bonds is 6. The van der Waals surface area contributed by atoms with Gasteiger partial charge >= 0.3 is 6.03 Å². The van der Waals surface area contributed by atoms with Crippen LogP contribution in [0.1, 0.15) is 25.0 Å². The summed E-state index contributed by atoms with van der Waals surface area (Å²) in [5.74, 6) is -0.143. The van der Waals surface area contributed by atoms with E-state index >= 15 is 0 Å². The zero-order valence-corrected chi connectivity index (χ0v) is 23.5. The zero-order chi connectivity index (χ0) is 28.4. The number of ether oxygens (including phenoxy) is 1. The fourth-order valence-electron chi connectivity index (χ4n) is 4.15. The van der Waals surface area contributed by atoms with Crippen LogP contribution in [0.5, 0.6) is 5.75 Å². The number of thioether (sulfide) groups is 1. The molecule has 5 rings (SSSR count). The van der Waals surface area contributed by atoms with E-state index in [1.54, 1.807) is 47.4 Å². The summed E-state index contributed by atoms with van der Waals surface area (Å²) in [4.78, 5) is 23.5. The smallest absolute Gasteiger partial charge is 0.347 e. The minimum Gasteiger partial charge on any atom is -0.459 e. The maximum atomic E-state index is 13.7. The molecule has 204 valence electrons. The van der Waals surface area contributed by atoms with Crippen molar-refractivity contribution >= 4 is 34.3 Å². The maximum absolute atomic E-state index is 13.7. The number of aryl methyl sites for hydroxylation is 1. The quantitative estimate of drug-likeness (QED) is 0.268. The van der Waals surface area contributed by atoms with Gasteiger partial charge in [0.1, 0.15) is 12.1 Å². The Morgan fingerprint density at radius 2 is 1.82 bits per heavy atom. The Morgan fingerprint density at radius 1 is 1.10 bits per heavy atom. The number of hydrogen-bond acceptors (Lipinski definition) is 5. The van der Waals surface area contributed by atoms with E-state index in [1.807, 2.05) is 29.2 Å². The van der Waals surface area contributed by atoms with E-state index in [2.05, 4.69) is 46.9 Å². The molecule has 0 atom stereocenters.